The van der Waals surface area contributed by atoms with Crippen LogP contribution in [0.1, 0.15) is 11.3 Å². The number of pyridine rings is 1. The Morgan fingerprint density at radius 3 is 2.74 bits per heavy atom. The molecular formula is C14H15N3O2. The van der Waals surface area contributed by atoms with Crippen LogP contribution in [-0.2, 0) is 17.8 Å². The van der Waals surface area contributed by atoms with Crippen LogP contribution in [0, 0.1) is 0 Å². The molecule has 1 aromatic carbocycles. The molecule has 5 heteroatoms. The van der Waals surface area contributed by atoms with Crippen molar-refractivity contribution in [2.45, 2.75) is 13.0 Å². The molecule has 0 fully saturated rings. The highest BCUT2D eigenvalue weighted by Crippen LogP contribution is 2.14. The van der Waals surface area contributed by atoms with Gasteiger partial charge in [-0.05, 0) is 18.2 Å². The summed E-state index contributed by atoms with van der Waals surface area (Å²) in [5, 5.41) is 12.3. The van der Waals surface area contributed by atoms with Gasteiger partial charge in [0.25, 0.3) is 0 Å². The lowest BCUT2D eigenvalue weighted by Crippen LogP contribution is -2.24. The van der Waals surface area contributed by atoms with Crippen molar-refractivity contribution in [2.75, 3.05) is 5.73 Å². The number of nitrogens with zero attached hydrogens (tertiary/aromatic N) is 1. The van der Waals surface area contributed by atoms with E-state index >= 15 is 0 Å². The molecule has 0 unspecified atom stereocenters. The molecule has 0 bridgehead atoms. The molecular weight excluding hydrogens is 242 g/mol. The van der Waals surface area contributed by atoms with Gasteiger partial charge < -0.3 is 16.2 Å². The number of benzene rings is 1. The molecule has 0 spiro atoms. The van der Waals surface area contributed by atoms with Crippen molar-refractivity contribution in [2.24, 2.45) is 0 Å². The zero-order chi connectivity index (χ0) is 13.7. The summed E-state index contributed by atoms with van der Waals surface area (Å²) in [5.41, 5.74) is 7.42. The summed E-state index contributed by atoms with van der Waals surface area (Å²) in [4.78, 5) is 15.8. The van der Waals surface area contributed by atoms with E-state index in [0.29, 0.717) is 23.5 Å². The van der Waals surface area contributed by atoms with E-state index in [-0.39, 0.29) is 18.1 Å². The fraction of sp³-hybridized carbons (Fsp3) is 0.143. The maximum Gasteiger partial charge on any atom is 0.226 e. The van der Waals surface area contributed by atoms with E-state index in [1.165, 1.54) is 6.20 Å². The van der Waals surface area contributed by atoms with E-state index in [1.807, 2.05) is 6.07 Å². The molecule has 0 saturated heterocycles. The number of hydrogen-bond donors (Lipinski definition) is 3. The third kappa shape index (κ3) is 3.70. The summed E-state index contributed by atoms with van der Waals surface area (Å²) in [5.74, 6) is 0.0222. The van der Waals surface area contributed by atoms with Crippen molar-refractivity contribution < 1.29 is 9.90 Å². The van der Waals surface area contributed by atoms with Crippen LogP contribution in [0.15, 0.2) is 42.6 Å². The number of aromatic nitrogens is 1. The van der Waals surface area contributed by atoms with Crippen LogP contribution in [-0.4, -0.2) is 16.0 Å². The van der Waals surface area contributed by atoms with Crippen molar-refractivity contribution in [3.05, 3.63) is 53.9 Å². The third-order valence-electron chi connectivity index (χ3n) is 2.66. The predicted octanol–water partition coefficient (Wildman–Crippen LogP) is 1.23. The van der Waals surface area contributed by atoms with Crippen LogP contribution in [0.2, 0.25) is 0 Å². The zero-order valence-electron chi connectivity index (χ0n) is 10.3. The highest BCUT2D eigenvalue weighted by Gasteiger charge is 2.06. The lowest BCUT2D eigenvalue weighted by Gasteiger charge is -2.06. The summed E-state index contributed by atoms with van der Waals surface area (Å²) in [6.07, 6.45) is 1.71. The highest BCUT2D eigenvalue weighted by molar-refractivity contribution is 5.78. The number of nitrogens with one attached hydrogen (secondary N) is 1. The van der Waals surface area contributed by atoms with E-state index in [4.69, 9.17) is 5.73 Å². The number of phenolic OH excluding ortho intramolecular Hbond substituents is 1. The number of nitrogen functional groups attached to an aromatic ring is 1. The fourth-order valence-electron chi connectivity index (χ4n) is 1.62. The van der Waals surface area contributed by atoms with Gasteiger partial charge in [0, 0.05) is 17.8 Å². The molecule has 98 valence electrons. The van der Waals surface area contributed by atoms with Crippen molar-refractivity contribution in [1.29, 1.82) is 0 Å². The standard InChI is InChI=1S/C14H15N3O2/c15-11-5-6-12(16-9-11)7-14(19)17-8-10-3-1-2-4-13(10)18/h1-6,9,18H,7-8,15H2,(H,17,19). The molecule has 0 saturated carbocycles. The van der Waals surface area contributed by atoms with Crippen molar-refractivity contribution in [3.63, 3.8) is 0 Å². The fourth-order valence-corrected chi connectivity index (χ4v) is 1.62. The van der Waals surface area contributed by atoms with Gasteiger partial charge in [0.2, 0.25) is 5.91 Å². The van der Waals surface area contributed by atoms with E-state index in [1.54, 1.807) is 30.3 Å². The van der Waals surface area contributed by atoms with Gasteiger partial charge in [-0.3, -0.25) is 9.78 Å². The minimum Gasteiger partial charge on any atom is -0.508 e. The highest BCUT2D eigenvalue weighted by atomic mass is 16.3. The van der Waals surface area contributed by atoms with Gasteiger partial charge in [-0.2, -0.15) is 0 Å². The number of para-hydroxylation sites is 1. The number of phenols is 1. The normalized spacial score (nSPS) is 10.1. The van der Waals surface area contributed by atoms with Gasteiger partial charge in [0.15, 0.2) is 0 Å². The maximum absolute atomic E-state index is 11.7. The van der Waals surface area contributed by atoms with Crippen LogP contribution < -0.4 is 11.1 Å². The summed E-state index contributed by atoms with van der Waals surface area (Å²) in [6, 6.07) is 10.3. The van der Waals surface area contributed by atoms with Crippen LogP contribution in [0.25, 0.3) is 0 Å². The Hall–Kier alpha value is -2.56. The summed E-state index contributed by atoms with van der Waals surface area (Å²) in [6.45, 7) is 0.292. The quantitative estimate of drug-likeness (QED) is 0.768. The minimum atomic E-state index is -0.152. The van der Waals surface area contributed by atoms with Gasteiger partial charge in [0.1, 0.15) is 5.75 Å². The minimum absolute atomic E-state index is 0.152. The van der Waals surface area contributed by atoms with Gasteiger partial charge in [-0.1, -0.05) is 18.2 Å². The first kappa shape index (κ1) is 12.9. The van der Waals surface area contributed by atoms with Crippen LogP contribution >= 0.6 is 0 Å². The second-order valence-corrected chi connectivity index (χ2v) is 4.17. The molecule has 1 aromatic heterocycles. The lowest BCUT2D eigenvalue weighted by molar-refractivity contribution is -0.120. The molecule has 2 rings (SSSR count). The molecule has 19 heavy (non-hydrogen) atoms. The molecule has 1 amide bonds. The molecule has 0 aliphatic heterocycles. The number of aromatic hydroxyl groups is 1. The molecule has 2 aromatic rings. The van der Waals surface area contributed by atoms with E-state index in [9.17, 15) is 9.90 Å². The molecule has 0 aliphatic carbocycles. The molecule has 5 nitrogen and oxygen atoms in total. The zero-order valence-corrected chi connectivity index (χ0v) is 10.3. The number of carbonyl (C=O) groups is 1. The molecule has 1 heterocycles. The molecule has 0 aliphatic rings. The van der Waals surface area contributed by atoms with E-state index in [2.05, 4.69) is 10.3 Å². The Labute approximate surface area is 111 Å². The third-order valence-corrected chi connectivity index (χ3v) is 2.66. The SMILES string of the molecule is Nc1ccc(CC(=O)NCc2ccccc2O)nc1. The number of amides is 1. The van der Waals surface area contributed by atoms with Crippen LogP contribution in [0.4, 0.5) is 5.69 Å². The monoisotopic (exact) mass is 257 g/mol. The summed E-state index contributed by atoms with van der Waals surface area (Å²) < 4.78 is 0. The van der Waals surface area contributed by atoms with Crippen molar-refractivity contribution in [3.8, 4) is 5.75 Å². The van der Waals surface area contributed by atoms with Gasteiger partial charge in [-0.15, -0.1) is 0 Å². The van der Waals surface area contributed by atoms with Crippen molar-refractivity contribution >= 4 is 11.6 Å². The Morgan fingerprint density at radius 1 is 1.26 bits per heavy atom. The number of nitrogens with two attached hydrogens (primary N) is 1. The second-order valence-electron chi connectivity index (χ2n) is 4.17. The number of anilines is 1. The first-order valence-corrected chi connectivity index (χ1v) is 5.89. The Morgan fingerprint density at radius 2 is 2.05 bits per heavy atom. The number of rotatable bonds is 4. The second kappa shape index (κ2) is 5.86. The lowest BCUT2D eigenvalue weighted by atomic mass is 10.2. The van der Waals surface area contributed by atoms with Crippen LogP contribution in [0.5, 0.6) is 5.75 Å². The van der Waals surface area contributed by atoms with Gasteiger partial charge in [-0.25, -0.2) is 0 Å². The van der Waals surface area contributed by atoms with Gasteiger partial charge in [0.05, 0.1) is 18.3 Å². The van der Waals surface area contributed by atoms with Crippen molar-refractivity contribution in [1.82, 2.24) is 10.3 Å². The molecule has 0 atom stereocenters. The first-order valence-electron chi connectivity index (χ1n) is 5.89. The molecule has 4 N–H and O–H groups in total. The first-order chi connectivity index (χ1) is 9.15. The Balaban J connectivity index is 1.88. The topological polar surface area (TPSA) is 88.2 Å². The average Bonchev–Trinajstić information content (AvgIpc) is 2.40. The molecule has 0 radical (unpaired) electrons. The number of hydrogen-bond acceptors (Lipinski definition) is 4. The smallest absolute Gasteiger partial charge is 0.226 e. The van der Waals surface area contributed by atoms with E-state index < -0.39 is 0 Å². The average molecular weight is 257 g/mol. The largest absolute Gasteiger partial charge is 0.508 e. The predicted molar refractivity (Wildman–Crippen MR) is 72.3 cm³/mol. The Bertz CT molecular complexity index is 567. The summed E-state index contributed by atoms with van der Waals surface area (Å²) in [7, 11) is 0. The maximum atomic E-state index is 11.7. The van der Waals surface area contributed by atoms with Gasteiger partial charge >= 0.3 is 0 Å². The number of carbonyl (C=O) groups excluding carboxylic acids is 1. The summed E-state index contributed by atoms with van der Waals surface area (Å²) >= 11 is 0. The van der Waals surface area contributed by atoms with E-state index in [0.717, 1.165) is 0 Å². The van der Waals surface area contributed by atoms with Crippen LogP contribution in [0.3, 0.4) is 0 Å². The Kier molecular flexibility index (Phi) is 3.97.